The first-order valence-corrected chi connectivity index (χ1v) is 10.5. The molecule has 0 saturated heterocycles. The van der Waals surface area contributed by atoms with Crippen LogP contribution in [0.2, 0.25) is 10.0 Å². The number of benzene rings is 2. The van der Waals surface area contributed by atoms with Gasteiger partial charge in [0, 0.05) is 21.2 Å². The molecule has 0 spiro atoms. The van der Waals surface area contributed by atoms with Gasteiger partial charge in [-0.15, -0.1) is 0 Å². The van der Waals surface area contributed by atoms with Gasteiger partial charge in [-0.25, -0.2) is 0 Å². The molecule has 0 aliphatic heterocycles. The molecule has 2 aromatic carbocycles. The summed E-state index contributed by atoms with van der Waals surface area (Å²) in [5.41, 5.74) is 6.13. The van der Waals surface area contributed by atoms with Gasteiger partial charge in [0.15, 0.2) is 0 Å². The van der Waals surface area contributed by atoms with Crippen molar-refractivity contribution in [3.05, 3.63) is 86.8 Å². The summed E-state index contributed by atoms with van der Waals surface area (Å²) in [5, 5.41) is 15.7. The van der Waals surface area contributed by atoms with Crippen molar-refractivity contribution in [1.29, 1.82) is 0 Å². The second-order valence-corrected chi connectivity index (χ2v) is 8.21. The first kappa shape index (κ1) is 21.2. The number of hydrogen-bond acceptors (Lipinski definition) is 3. The number of hydrogen-bond donors (Lipinski definition) is 2. The van der Waals surface area contributed by atoms with Gasteiger partial charge in [0.05, 0.1) is 29.3 Å². The minimum atomic E-state index is -0.285. The van der Waals surface area contributed by atoms with Gasteiger partial charge in [0.25, 0.3) is 5.91 Å². The Balaban J connectivity index is 1.55. The Morgan fingerprint density at radius 2 is 1.74 bits per heavy atom. The van der Waals surface area contributed by atoms with Crippen molar-refractivity contribution in [2.24, 2.45) is 0 Å². The molecule has 0 fully saturated rings. The summed E-state index contributed by atoms with van der Waals surface area (Å²) in [6, 6.07) is 15.1. The van der Waals surface area contributed by atoms with Crippen molar-refractivity contribution in [2.45, 2.75) is 27.3 Å². The van der Waals surface area contributed by atoms with E-state index in [1.165, 1.54) is 5.56 Å². The summed E-state index contributed by atoms with van der Waals surface area (Å²) in [5.74, 6) is -0.285. The summed E-state index contributed by atoms with van der Waals surface area (Å²) >= 11 is 12.6. The molecule has 0 unspecified atom stereocenters. The van der Waals surface area contributed by atoms with E-state index in [4.69, 9.17) is 23.2 Å². The lowest BCUT2D eigenvalue weighted by Gasteiger charge is -2.09. The Labute approximate surface area is 190 Å². The zero-order chi connectivity index (χ0) is 22.1. The minimum Gasteiger partial charge on any atom is -0.318 e. The van der Waals surface area contributed by atoms with Crippen LogP contribution in [0.1, 0.15) is 33.0 Å². The number of carbonyl (C=O) groups excluding carboxylic acids is 1. The molecule has 2 heterocycles. The molecule has 0 bridgehead atoms. The number of nitrogens with one attached hydrogen (secondary N) is 2. The van der Waals surface area contributed by atoms with Crippen LogP contribution in [0.25, 0.3) is 11.3 Å². The average Bonchev–Trinajstić information content (AvgIpc) is 3.32. The molecule has 158 valence electrons. The second kappa shape index (κ2) is 8.57. The molecule has 31 heavy (non-hydrogen) atoms. The number of amides is 1. The van der Waals surface area contributed by atoms with Crippen LogP contribution in [0.15, 0.2) is 48.5 Å². The maximum Gasteiger partial charge on any atom is 0.273 e. The fourth-order valence-electron chi connectivity index (χ4n) is 3.36. The largest absolute Gasteiger partial charge is 0.318 e. The standard InChI is InChI=1S/C23H21Cl2N5O/c1-13-7-9-16(10-8-13)20-11-21(28-27-20)23(31)26-22-14(2)29-30(15(22)3)12-17-18(24)5-4-6-19(17)25/h4-11H,12H2,1-3H3,(H,26,31)(H,27,28). The minimum absolute atomic E-state index is 0.285. The maximum atomic E-state index is 12.8. The van der Waals surface area contributed by atoms with Gasteiger partial charge in [-0.05, 0) is 39.0 Å². The van der Waals surface area contributed by atoms with Gasteiger partial charge in [0.2, 0.25) is 0 Å². The van der Waals surface area contributed by atoms with Gasteiger partial charge in [-0.2, -0.15) is 10.2 Å². The monoisotopic (exact) mass is 453 g/mol. The molecule has 0 aliphatic carbocycles. The van der Waals surface area contributed by atoms with Crippen molar-refractivity contribution in [3.8, 4) is 11.3 Å². The predicted octanol–water partition coefficient (Wildman–Crippen LogP) is 5.81. The second-order valence-electron chi connectivity index (χ2n) is 7.39. The fourth-order valence-corrected chi connectivity index (χ4v) is 3.87. The van der Waals surface area contributed by atoms with Crippen molar-refractivity contribution in [2.75, 3.05) is 5.32 Å². The first-order valence-electron chi connectivity index (χ1n) is 9.74. The molecular formula is C23H21Cl2N5O. The predicted molar refractivity (Wildman–Crippen MR) is 124 cm³/mol. The van der Waals surface area contributed by atoms with Crippen LogP contribution in [0.4, 0.5) is 5.69 Å². The van der Waals surface area contributed by atoms with E-state index in [-0.39, 0.29) is 5.91 Å². The Kier molecular flexibility index (Phi) is 5.85. The lowest BCUT2D eigenvalue weighted by Crippen LogP contribution is -2.14. The lowest BCUT2D eigenvalue weighted by atomic mass is 10.1. The zero-order valence-electron chi connectivity index (χ0n) is 17.3. The normalized spacial score (nSPS) is 11.0. The number of anilines is 1. The Morgan fingerprint density at radius 3 is 2.42 bits per heavy atom. The van der Waals surface area contributed by atoms with Gasteiger partial charge >= 0.3 is 0 Å². The van der Waals surface area contributed by atoms with Crippen LogP contribution in [0, 0.1) is 20.8 Å². The molecular weight excluding hydrogens is 433 g/mol. The third-order valence-corrected chi connectivity index (χ3v) is 5.87. The van der Waals surface area contributed by atoms with Crippen LogP contribution in [-0.4, -0.2) is 25.9 Å². The van der Waals surface area contributed by atoms with Crippen molar-refractivity contribution >= 4 is 34.8 Å². The Morgan fingerprint density at radius 1 is 1.06 bits per heavy atom. The number of nitrogens with zero attached hydrogens (tertiary/aromatic N) is 3. The summed E-state index contributed by atoms with van der Waals surface area (Å²) in [6.07, 6.45) is 0. The van der Waals surface area contributed by atoms with Crippen LogP contribution in [0.3, 0.4) is 0 Å². The molecule has 0 saturated carbocycles. The van der Waals surface area contributed by atoms with E-state index >= 15 is 0 Å². The highest BCUT2D eigenvalue weighted by molar-refractivity contribution is 6.36. The number of aryl methyl sites for hydroxylation is 2. The molecule has 2 N–H and O–H groups in total. The Bertz CT molecular complexity index is 1240. The van der Waals surface area contributed by atoms with Gasteiger partial charge in [0.1, 0.15) is 5.69 Å². The van der Waals surface area contributed by atoms with Crippen LogP contribution in [0.5, 0.6) is 0 Å². The molecule has 0 atom stereocenters. The van der Waals surface area contributed by atoms with E-state index in [1.54, 1.807) is 28.9 Å². The van der Waals surface area contributed by atoms with Crippen molar-refractivity contribution in [1.82, 2.24) is 20.0 Å². The average molecular weight is 454 g/mol. The molecule has 0 radical (unpaired) electrons. The number of rotatable bonds is 5. The molecule has 4 aromatic rings. The number of aromatic amines is 1. The van der Waals surface area contributed by atoms with Gasteiger partial charge < -0.3 is 5.32 Å². The quantitative estimate of drug-likeness (QED) is 0.400. The van der Waals surface area contributed by atoms with Crippen molar-refractivity contribution in [3.63, 3.8) is 0 Å². The lowest BCUT2D eigenvalue weighted by molar-refractivity contribution is 0.102. The summed E-state index contributed by atoms with van der Waals surface area (Å²) in [7, 11) is 0. The number of halogens is 2. The highest BCUT2D eigenvalue weighted by atomic mass is 35.5. The van der Waals surface area contributed by atoms with E-state index in [0.29, 0.717) is 39.4 Å². The van der Waals surface area contributed by atoms with E-state index in [1.807, 2.05) is 45.0 Å². The highest BCUT2D eigenvalue weighted by Gasteiger charge is 2.18. The molecule has 6 nitrogen and oxygen atoms in total. The van der Waals surface area contributed by atoms with Gasteiger partial charge in [-0.3, -0.25) is 14.6 Å². The van der Waals surface area contributed by atoms with Crippen LogP contribution >= 0.6 is 23.2 Å². The van der Waals surface area contributed by atoms with Crippen LogP contribution in [-0.2, 0) is 6.54 Å². The van der Waals surface area contributed by atoms with E-state index < -0.39 is 0 Å². The SMILES string of the molecule is Cc1ccc(-c2cc(C(=O)Nc3c(C)nn(Cc4c(Cl)cccc4Cl)c3C)[nH]n2)cc1. The number of aromatic nitrogens is 4. The highest BCUT2D eigenvalue weighted by Crippen LogP contribution is 2.28. The maximum absolute atomic E-state index is 12.8. The molecule has 0 aliphatic rings. The fraction of sp³-hybridized carbons (Fsp3) is 0.174. The topological polar surface area (TPSA) is 75.6 Å². The number of H-pyrrole nitrogens is 1. The van der Waals surface area contributed by atoms with Gasteiger partial charge in [-0.1, -0.05) is 59.1 Å². The molecule has 1 amide bonds. The Hall–Kier alpha value is -3.09. The van der Waals surface area contributed by atoms with E-state index in [2.05, 4.69) is 20.6 Å². The zero-order valence-corrected chi connectivity index (χ0v) is 18.8. The third kappa shape index (κ3) is 4.36. The molecule has 8 heteroatoms. The van der Waals surface area contributed by atoms with Crippen LogP contribution < -0.4 is 5.32 Å². The van der Waals surface area contributed by atoms with Crippen molar-refractivity contribution < 1.29 is 4.79 Å². The first-order chi connectivity index (χ1) is 14.8. The molecule has 2 aromatic heterocycles. The smallest absolute Gasteiger partial charge is 0.273 e. The summed E-state index contributed by atoms with van der Waals surface area (Å²) < 4.78 is 1.78. The summed E-state index contributed by atoms with van der Waals surface area (Å²) in [4.78, 5) is 12.8. The van der Waals surface area contributed by atoms with E-state index in [9.17, 15) is 4.79 Å². The van der Waals surface area contributed by atoms with E-state index in [0.717, 1.165) is 16.8 Å². The summed E-state index contributed by atoms with van der Waals surface area (Å²) in [6.45, 7) is 6.17. The number of carbonyl (C=O) groups is 1. The molecule has 4 rings (SSSR count). The third-order valence-electron chi connectivity index (χ3n) is 5.16.